The van der Waals surface area contributed by atoms with Gasteiger partial charge in [0.2, 0.25) is 0 Å². The molecule has 0 spiro atoms. The molecule has 2 aromatic carbocycles. The Morgan fingerprint density at radius 2 is 1.65 bits per heavy atom. The van der Waals surface area contributed by atoms with E-state index in [0.29, 0.717) is 23.9 Å². The van der Waals surface area contributed by atoms with Crippen molar-refractivity contribution in [3.8, 4) is 5.75 Å². The molecule has 6 nitrogen and oxygen atoms in total. The van der Waals surface area contributed by atoms with Gasteiger partial charge < -0.3 is 21.1 Å². The zero-order valence-corrected chi connectivity index (χ0v) is 14.5. The van der Waals surface area contributed by atoms with Crippen LogP contribution in [0.5, 0.6) is 5.75 Å². The SMILES string of the molecule is NC(=O)NCc1ccc(C(=O)Nc2ccc(OC3CCCC3)cc2)cc1. The number of hydrogen-bond donors (Lipinski definition) is 3. The fourth-order valence-corrected chi connectivity index (χ4v) is 2.98. The molecule has 4 N–H and O–H groups in total. The van der Waals surface area contributed by atoms with E-state index in [9.17, 15) is 9.59 Å². The molecular weight excluding hydrogens is 330 g/mol. The summed E-state index contributed by atoms with van der Waals surface area (Å²) in [6, 6.07) is 13.9. The van der Waals surface area contributed by atoms with Crippen molar-refractivity contribution in [1.29, 1.82) is 0 Å². The lowest BCUT2D eigenvalue weighted by Gasteiger charge is -2.13. The van der Waals surface area contributed by atoms with Crippen LogP contribution in [-0.2, 0) is 6.54 Å². The number of carbonyl (C=O) groups is 2. The summed E-state index contributed by atoms with van der Waals surface area (Å²) in [5.41, 5.74) is 7.16. The molecule has 0 atom stereocenters. The van der Waals surface area contributed by atoms with Crippen molar-refractivity contribution >= 4 is 17.6 Å². The predicted octanol–water partition coefficient (Wildman–Crippen LogP) is 3.43. The van der Waals surface area contributed by atoms with Crippen molar-refractivity contribution in [3.05, 3.63) is 59.7 Å². The minimum Gasteiger partial charge on any atom is -0.490 e. The fourth-order valence-electron chi connectivity index (χ4n) is 2.98. The molecule has 3 rings (SSSR count). The van der Waals surface area contributed by atoms with Gasteiger partial charge in [-0.1, -0.05) is 12.1 Å². The van der Waals surface area contributed by atoms with Gasteiger partial charge in [-0.2, -0.15) is 0 Å². The second-order valence-electron chi connectivity index (χ2n) is 6.42. The molecular formula is C20H23N3O3. The van der Waals surface area contributed by atoms with Crippen molar-refractivity contribution in [1.82, 2.24) is 5.32 Å². The van der Waals surface area contributed by atoms with E-state index in [1.54, 1.807) is 24.3 Å². The summed E-state index contributed by atoms with van der Waals surface area (Å²) < 4.78 is 5.92. The summed E-state index contributed by atoms with van der Waals surface area (Å²) in [4.78, 5) is 23.0. The third kappa shape index (κ3) is 4.99. The summed E-state index contributed by atoms with van der Waals surface area (Å²) >= 11 is 0. The maximum Gasteiger partial charge on any atom is 0.312 e. The van der Waals surface area contributed by atoms with E-state index < -0.39 is 6.03 Å². The number of carbonyl (C=O) groups excluding carboxylic acids is 2. The molecule has 3 amide bonds. The summed E-state index contributed by atoms with van der Waals surface area (Å²) in [5, 5.41) is 5.37. The first-order valence-corrected chi connectivity index (χ1v) is 8.80. The van der Waals surface area contributed by atoms with E-state index in [0.717, 1.165) is 24.2 Å². The van der Waals surface area contributed by atoms with Crippen LogP contribution in [-0.4, -0.2) is 18.0 Å². The van der Waals surface area contributed by atoms with Gasteiger partial charge in [-0.25, -0.2) is 4.79 Å². The van der Waals surface area contributed by atoms with Gasteiger partial charge in [0.15, 0.2) is 0 Å². The molecule has 1 fully saturated rings. The maximum atomic E-state index is 12.3. The smallest absolute Gasteiger partial charge is 0.312 e. The molecule has 1 aliphatic rings. The summed E-state index contributed by atoms with van der Waals surface area (Å²) in [5.74, 6) is 0.644. The van der Waals surface area contributed by atoms with Gasteiger partial charge in [0.05, 0.1) is 6.10 Å². The van der Waals surface area contributed by atoms with E-state index in [2.05, 4.69) is 10.6 Å². The number of anilines is 1. The highest BCUT2D eigenvalue weighted by Crippen LogP contribution is 2.25. The van der Waals surface area contributed by atoms with Crippen molar-refractivity contribution in [2.45, 2.75) is 38.3 Å². The maximum absolute atomic E-state index is 12.3. The zero-order chi connectivity index (χ0) is 18.4. The van der Waals surface area contributed by atoms with Crippen LogP contribution in [0.3, 0.4) is 0 Å². The number of rotatable bonds is 6. The lowest BCUT2D eigenvalue weighted by Crippen LogP contribution is -2.28. The van der Waals surface area contributed by atoms with Crippen LogP contribution in [0.2, 0.25) is 0 Å². The van der Waals surface area contributed by atoms with E-state index in [-0.39, 0.29) is 5.91 Å². The van der Waals surface area contributed by atoms with Gasteiger partial charge in [0, 0.05) is 17.8 Å². The zero-order valence-electron chi connectivity index (χ0n) is 14.5. The van der Waals surface area contributed by atoms with Crippen LogP contribution in [0.25, 0.3) is 0 Å². The minimum atomic E-state index is -0.577. The lowest BCUT2D eigenvalue weighted by molar-refractivity contribution is 0.102. The molecule has 136 valence electrons. The van der Waals surface area contributed by atoms with Crippen molar-refractivity contribution < 1.29 is 14.3 Å². The lowest BCUT2D eigenvalue weighted by atomic mass is 10.1. The van der Waals surface area contributed by atoms with Crippen LogP contribution >= 0.6 is 0 Å². The Morgan fingerprint density at radius 1 is 1.00 bits per heavy atom. The van der Waals surface area contributed by atoms with E-state index in [1.165, 1.54) is 12.8 Å². The number of primary amides is 1. The molecule has 0 bridgehead atoms. The Labute approximate surface area is 152 Å². The largest absolute Gasteiger partial charge is 0.490 e. The van der Waals surface area contributed by atoms with Crippen molar-refractivity contribution in [3.63, 3.8) is 0 Å². The molecule has 0 unspecified atom stereocenters. The number of amides is 3. The fraction of sp³-hybridized carbons (Fsp3) is 0.300. The molecule has 0 aliphatic heterocycles. The number of urea groups is 1. The summed E-state index contributed by atoms with van der Waals surface area (Å²) in [7, 11) is 0. The third-order valence-electron chi connectivity index (χ3n) is 4.40. The second kappa shape index (κ2) is 8.38. The molecule has 26 heavy (non-hydrogen) atoms. The molecule has 6 heteroatoms. The Hall–Kier alpha value is -3.02. The van der Waals surface area contributed by atoms with E-state index >= 15 is 0 Å². The number of ether oxygens (including phenoxy) is 1. The molecule has 1 aliphatic carbocycles. The standard InChI is InChI=1S/C20H23N3O3/c21-20(25)22-13-14-5-7-15(8-6-14)19(24)23-16-9-11-18(12-10-16)26-17-3-1-2-4-17/h5-12,17H,1-4,13H2,(H,23,24)(H3,21,22,25). The molecule has 0 aromatic heterocycles. The number of hydrogen-bond acceptors (Lipinski definition) is 3. The second-order valence-corrected chi connectivity index (χ2v) is 6.42. The summed E-state index contributed by atoms with van der Waals surface area (Å²) in [6.45, 7) is 0.333. The molecule has 1 saturated carbocycles. The van der Waals surface area contributed by atoms with Gasteiger partial charge in [-0.15, -0.1) is 0 Å². The van der Waals surface area contributed by atoms with Gasteiger partial charge in [0.1, 0.15) is 5.75 Å². The van der Waals surface area contributed by atoms with Crippen LogP contribution in [0, 0.1) is 0 Å². The van der Waals surface area contributed by atoms with Crippen molar-refractivity contribution in [2.75, 3.05) is 5.32 Å². The number of nitrogens with one attached hydrogen (secondary N) is 2. The quantitative estimate of drug-likeness (QED) is 0.743. The van der Waals surface area contributed by atoms with Crippen LogP contribution in [0.4, 0.5) is 10.5 Å². The molecule has 2 aromatic rings. The first kappa shape index (κ1) is 17.8. The number of benzene rings is 2. The molecule has 0 saturated heterocycles. The average molecular weight is 353 g/mol. The third-order valence-corrected chi connectivity index (χ3v) is 4.40. The first-order chi connectivity index (χ1) is 12.6. The highest BCUT2D eigenvalue weighted by atomic mass is 16.5. The average Bonchev–Trinajstić information content (AvgIpc) is 3.15. The van der Waals surface area contributed by atoms with Crippen LogP contribution in [0.1, 0.15) is 41.6 Å². The summed E-state index contributed by atoms with van der Waals surface area (Å²) in [6.07, 6.45) is 5.01. The van der Waals surface area contributed by atoms with Gasteiger partial charge in [0.25, 0.3) is 5.91 Å². The predicted molar refractivity (Wildman–Crippen MR) is 100 cm³/mol. The highest BCUT2D eigenvalue weighted by molar-refractivity contribution is 6.04. The Balaban J connectivity index is 1.54. The monoisotopic (exact) mass is 353 g/mol. The van der Waals surface area contributed by atoms with E-state index in [1.807, 2.05) is 24.3 Å². The van der Waals surface area contributed by atoms with E-state index in [4.69, 9.17) is 10.5 Å². The van der Waals surface area contributed by atoms with Crippen LogP contribution in [0.15, 0.2) is 48.5 Å². The van der Waals surface area contributed by atoms with Crippen molar-refractivity contribution in [2.24, 2.45) is 5.73 Å². The highest BCUT2D eigenvalue weighted by Gasteiger charge is 2.16. The van der Waals surface area contributed by atoms with Gasteiger partial charge >= 0.3 is 6.03 Å². The Bertz CT molecular complexity index is 751. The van der Waals surface area contributed by atoms with Crippen LogP contribution < -0.4 is 21.1 Å². The Kier molecular flexibility index (Phi) is 5.73. The first-order valence-electron chi connectivity index (χ1n) is 8.80. The van der Waals surface area contributed by atoms with Gasteiger partial charge in [-0.05, 0) is 67.6 Å². The normalized spacial score (nSPS) is 14.0. The topological polar surface area (TPSA) is 93.5 Å². The minimum absolute atomic E-state index is 0.191. The number of nitrogens with two attached hydrogens (primary N) is 1. The van der Waals surface area contributed by atoms with Gasteiger partial charge in [-0.3, -0.25) is 4.79 Å². The Morgan fingerprint density at radius 3 is 2.27 bits per heavy atom. The molecule has 0 heterocycles. The molecule has 0 radical (unpaired) electrons.